The highest BCUT2D eigenvalue weighted by Crippen LogP contribution is 2.20. The average molecular weight is 426 g/mol. The molecule has 2 aromatic rings. The molecule has 28 heavy (non-hydrogen) atoms. The molecule has 9 heteroatoms. The molecule has 1 aliphatic rings. The minimum absolute atomic E-state index is 0. The number of methoxy groups -OCH3 is 1. The summed E-state index contributed by atoms with van der Waals surface area (Å²) in [7, 11) is -2.19. The van der Waals surface area contributed by atoms with Gasteiger partial charge in [-0.3, -0.25) is 9.52 Å². The van der Waals surface area contributed by atoms with Crippen LogP contribution in [-0.2, 0) is 10.0 Å². The molecule has 1 aliphatic heterocycles. The molecular formula is C19H24ClN3O4S. The molecule has 0 spiro atoms. The number of hydrogen-bond acceptors (Lipinski definition) is 5. The van der Waals surface area contributed by atoms with E-state index in [0.29, 0.717) is 23.5 Å². The van der Waals surface area contributed by atoms with E-state index in [0.717, 1.165) is 13.1 Å². The van der Waals surface area contributed by atoms with Gasteiger partial charge in [0.1, 0.15) is 5.75 Å². The Bertz CT molecular complexity index is 902. The van der Waals surface area contributed by atoms with Crippen LogP contribution in [-0.4, -0.2) is 52.0 Å². The Balaban J connectivity index is 0.00000280. The van der Waals surface area contributed by atoms with E-state index >= 15 is 0 Å². The van der Waals surface area contributed by atoms with Gasteiger partial charge in [-0.05, 0) is 55.5 Å². The summed E-state index contributed by atoms with van der Waals surface area (Å²) in [5.74, 6) is 0.555. The van der Waals surface area contributed by atoms with Gasteiger partial charge in [-0.2, -0.15) is 0 Å². The third-order valence-electron chi connectivity index (χ3n) is 4.52. The molecule has 1 saturated heterocycles. The monoisotopic (exact) mass is 425 g/mol. The van der Waals surface area contributed by atoms with Gasteiger partial charge in [-0.15, -0.1) is 12.4 Å². The van der Waals surface area contributed by atoms with Crippen molar-refractivity contribution in [1.82, 2.24) is 10.2 Å². The Labute approximate surface area is 171 Å². The summed E-state index contributed by atoms with van der Waals surface area (Å²) in [5.41, 5.74) is 0.915. The fourth-order valence-electron chi connectivity index (χ4n) is 2.96. The van der Waals surface area contributed by atoms with E-state index in [-0.39, 0.29) is 29.3 Å². The van der Waals surface area contributed by atoms with Crippen LogP contribution in [0.3, 0.4) is 0 Å². The van der Waals surface area contributed by atoms with E-state index < -0.39 is 10.0 Å². The van der Waals surface area contributed by atoms with E-state index in [1.807, 2.05) is 6.92 Å². The van der Waals surface area contributed by atoms with Crippen LogP contribution in [0, 0.1) is 0 Å². The number of carbonyl (C=O) groups is 1. The summed E-state index contributed by atoms with van der Waals surface area (Å²) in [5, 5.41) is 3.24. The first-order valence-corrected chi connectivity index (χ1v) is 10.2. The number of piperazine rings is 1. The van der Waals surface area contributed by atoms with Crippen LogP contribution in [0.5, 0.6) is 5.75 Å². The van der Waals surface area contributed by atoms with Gasteiger partial charge >= 0.3 is 0 Å². The van der Waals surface area contributed by atoms with E-state index in [1.54, 1.807) is 48.4 Å². The van der Waals surface area contributed by atoms with Crippen LogP contribution in [0.25, 0.3) is 0 Å². The lowest BCUT2D eigenvalue weighted by atomic mass is 10.1. The quantitative estimate of drug-likeness (QED) is 0.767. The molecule has 0 bridgehead atoms. The van der Waals surface area contributed by atoms with Gasteiger partial charge in [0.2, 0.25) is 0 Å². The highest BCUT2D eigenvalue weighted by atomic mass is 35.5. The summed E-state index contributed by atoms with van der Waals surface area (Å²) < 4.78 is 32.7. The molecule has 1 amide bonds. The number of hydrogen-bond donors (Lipinski definition) is 2. The van der Waals surface area contributed by atoms with Crippen LogP contribution in [0.4, 0.5) is 5.69 Å². The van der Waals surface area contributed by atoms with Crippen molar-refractivity contribution in [3.8, 4) is 5.75 Å². The third-order valence-corrected chi connectivity index (χ3v) is 5.91. The zero-order chi connectivity index (χ0) is 19.4. The lowest BCUT2D eigenvalue weighted by molar-refractivity contribution is 0.0655. The van der Waals surface area contributed by atoms with Gasteiger partial charge in [0.05, 0.1) is 12.0 Å². The number of nitrogens with one attached hydrogen (secondary N) is 2. The molecule has 1 fully saturated rings. The molecule has 0 saturated carbocycles. The average Bonchev–Trinajstić information content (AvgIpc) is 2.68. The minimum atomic E-state index is -3.74. The molecule has 0 aromatic heterocycles. The summed E-state index contributed by atoms with van der Waals surface area (Å²) in [6, 6.07) is 12.7. The third kappa shape index (κ3) is 4.95. The van der Waals surface area contributed by atoms with Gasteiger partial charge in [0.15, 0.2) is 0 Å². The summed E-state index contributed by atoms with van der Waals surface area (Å²) in [4.78, 5) is 14.5. The van der Waals surface area contributed by atoms with Crippen LogP contribution in [0.15, 0.2) is 53.4 Å². The molecule has 2 N–H and O–H groups in total. The van der Waals surface area contributed by atoms with Crippen molar-refractivity contribution in [2.75, 3.05) is 31.5 Å². The lowest BCUT2D eigenvalue weighted by Crippen LogP contribution is -2.52. The number of sulfonamides is 1. The molecule has 7 nitrogen and oxygen atoms in total. The SMILES string of the molecule is COc1ccc(NS(=O)(=O)c2ccc(C(=O)N3CCNC[C@@H]3C)cc2)cc1.Cl. The van der Waals surface area contributed by atoms with Crippen molar-refractivity contribution in [2.24, 2.45) is 0 Å². The summed E-state index contributed by atoms with van der Waals surface area (Å²) in [6.07, 6.45) is 0. The smallest absolute Gasteiger partial charge is 0.261 e. The second-order valence-electron chi connectivity index (χ2n) is 6.41. The van der Waals surface area contributed by atoms with Crippen LogP contribution >= 0.6 is 12.4 Å². The number of amides is 1. The van der Waals surface area contributed by atoms with Gasteiger partial charge in [0, 0.05) is 36.9 Å². The molecule has 152 valence electrons. The van der Waals surface area contributed by atoms with Gasteiger partial charge in [-0.25, -0.2) is 8.42 Å². The van der Waals surface area contributed by atoms with Crippen LogP contribution in [0.1, 0.15) is 17.3 Å². The van der Waals surface area contributed by atoms with Crippen molar-refractivity contribution < 1.29 is 17.9 Å². The first-order chi connectivity index (χ1) is 12.9. The Hall–Kier alpha value is -2.29. The van der Waals surface area contributed by atoms with E-state index in [9.17, 15) is 13.2 Å². The summed E-state index contributed by atoms with van der Waals surface area (Å²) >= 11 is 0. The maximum atomic E-state index is 12.6. The first-order valence-electron chi connectivity index (χ1n) is 8.69. The second kappa shape index (κ2) is 9.27. The molecule has 1 heterocycles. The molecule has 1 atom stereocenters. The van der Waals surface area contributed by atoms with Crippen molar-refractivity contribution in [1.29, 1.82) is 0 Å². The number of rotatable bonds is 5. The maximum absolute atomic E-state index is 12.6. The molecule has 0 unspecified atom stereocenters. The summed E-state index contributed by atoms with van der Waals surface area (Å²) in [6.45, 7) is 4.14. The van der Waals surface area contributed by atoms with Crippen molar-refractivity contribution in [2.45, 2.75) is 17.9 Å². The van der Waals surface area contributed by atoms with Gasteiger partial charge < -0.3 is 15.0 Å². The number of nitrogens with zero attached hydrogens (tertiary/aromatic N) is 1. The van der Waals surface area contributed by atoms with E-state index in [4.69, 9.17) is 4.74 Å². The van der Waals surface area contributed by atoms with E-state index in [1.165, 1.54) is 12.1 Å². The fraction of sp³-hybridized carbons (Fsp3) is 0.316. The zero-order valence-corrected chi connectivity index (χ0v) is 17.3. The predicted octanol–water partition coefficient (Wildman–Crippen LogP) is 2.35. The highest BCUT2D eigenvalue weighted by Gasteiger charge is 2.24. The lowest BCUT2D eigenvalue weighted by Gasteiger charge is -2.34. The van der Waals surface area contributed by atoms with Crippen molar-refractivity contribution >= 4 is 34.0 Å². The standard InChI is InChI=1S/C19H23N3O4S.ClH/c1-14-13-20-11-12-22(14)19(23)15-3-9-18(10-4-15)27(24,25)21-16-5-7-17(26-2)8-6-16;/h3-10,14,20-21H,11-13H2,1-2H3;1H/t14-;/m0./s1. The normalized spacial score (nSPS) is 16.8. The number of ether oxygens (including phenoxy) is 1. The van der Waals surface area contributed by atoms with Crippen LogP contribution in [0.2, 0.25) is 0 Å². The minimum Gasteiger partial charge on any atom is -0.497 e. The van der Waals surface area contributed by atoms with Crippen molar-refractivity contribution in [3.05, 3.63) is 54.1 Å². The fourth-order valence-corrected chi connectivity index (χ4v) is 4.02. The van der Waals surface area contributed by atoms with Gasteiger partial charge in [0.25, 0.3) is 15.9 Å². The zero-order valence-electron chi connectivity index (χ0n) is 15.7. The maximum Gasteiger partial charge on any atom is 0.261 e. The molecule has 3 rings (SSSR count). The van der Waals surface area contributed by atoms with Gasteiger partial charge in [-0.1, -0.05) is 0 Å². The molecule has 2 aromatic carbocycles. The number of anilines is 1. The molecule has 0 aliphatic carbocycles. The largest absolute Gasteiger partial charge is 0.497 e. The van der Waals surface area contributed by atoms with Crippen molar-refractivity contribution in [3.63, 3.8) is 0 Å². The Morgan fingerprint density at radius 1 is 1.14 bits per heavy atom. The topological polar surface area (TPSA) is 87.7 Å². The predicted molar refractivity (Wildman–Crippen MR) is 111 cm³/mol. The second-order valence-corrected chi connectivity index (χ2v) is 8.09. The van der Waals surface area contributed by atoms with Crippen LogP contribution < -0.4 is 14.8 Å². The highest BCUT2D eigenvalue weighted by molar-refractivity contribution is 7.92. The Morgan fingerprint density at radius 2 is 1.79 bits per heavy atom. The van der Waals surface area contributed by atoms with E-state index in [2.05, 4.69) is 10.0 Å². The molecule has 0 radical (unpaired) electrons. The molecular weight excluding hydrogens is 402 g/mol. The number of halogens is 1. The Morgan fingerprint density at radius 3 is 2.36 bits per heavy atom. The Kier molecular flexibility index (Phi) is 7.29. The number of carbonyl (C=O) groups excluding carboxylic acids is 1. The first kappa shape index (κ1) is 22.0. The number of benzene rings is 2.